The maximum Gasteiger partial charge on any atom is 0.275 e. The lowest BCUT2D eigenvalue weighted by Gasteiger charge is -2.13. The molecule has 0 fully saturated rings. The van der Waals surface area contributed by atoms with Crippen molar-refractivity contribution < 1.29 is 9.59 Å². The Labute approximate surface area is 588 Å². The van der Waals surface area contributed by atoms with E-state index in [9.17, 15) is 9.59 Å². The predicted octanol–water partition coefficient (Wildman–Crippen LogP) is 13.9. The summed E-state index contributed by atoms with van der Waals surface area (Å²) in [5.74, 6) is 0. The first-order valence-corrected chi connectivity index (χ1v) is 32.7. The number of carbonyl (C=O) groups excluding carboxylic acids is 2. The van der Waals surface area contributed by atoms with Crippen LogP contribution in [0.5, 0.6) is 0 Å². The molecule has 12 N–H and O–H groups in total. The van der Waals surface area contributed by atoms with E-state index in [0.717, 1.165) is 67.3 Å². The minimum atomic E-state index is -0.650. The Balaban J connectivity index is 0.000000150. The third-order valence-electron chi connectivity index (χ3n) is 12.1. The van der Waals surface area contributed by atoms with E-state index in [1.807, 2.05) is 41.5 Å². The van der Waals surface area contributed by atoms with Crippen LogP contribution in [0.25, 0.3) is 99.3 Å². The molecule has 0 amide bonds. The van der Waals surface area contributed by atoms with Gasteiger partial charge in [-0.15, -0.1) is 0 Å². The van der Waals surface area contributed by atoms with Gasteiger partial charge in [-0.05, 0) is 185 Å². The second-order valence-electron chi connectivity index (χ2n) is 18.1. The maximum atomic E-state index is 9.66. The fraction of sp³-hybridized carbons (Fsp3) is 0.137. The number of anilines is 6. The number of halogens is 11. The summed E-state index contributed by atoms with van der Waals surface area (Å²) in [4.78, 5) is 102. The smallest absolute Gasteiger partial charge is 0.275 e. The van der Waals surface area contributed by atoms with E-state index in [2.05, 4.69) is 265 Å². The number of fused-ring (bicyclic) bond motifs is 18. The van der Waals surface area contributed by atoms with Crippen LogP contribution in [0.15, 0.2) is 60.0 Å². The Morgan fingerprint density at radius 3 is 0.580 bits per heavy atom. The van der Waals surface area contributed by atoms with Gasteiger partial charge in [0, 0.05) is 50.5 Å². The number of aromatic nitrogens is 18. The van der Waals surface area contributed by atoms with Gasteiger partial charge in [-0.25, -0.2) is 74.8 Å². The van der Waals surface area contributed by atoms with E-state index >= 15 is 0 Å². The number of carbonyl (C=O) groups is 2. The Morgan fingerprint density at radius 2 is 0.409 bits per heavy atom. The normalized spacial score (nSPS) is 11.1. The highest BCUT2D eigenvalue weighted by Crippen LogP contribution is 2.41. The molecular weight excluding hydrogens is 1860 g/mol. The minimum absolute atomic E-state index is 0. The van der Waals surface area contributed by atoms with E-state index in [4.69, 9.17) is 34.4 Å². The highest BCUT2D eigenvalue weighted by Gasteiger charge is 2.23. The first kappa shape index (κ1) is 68.3. The highest BCUT2D eigenvalue weighted by molar-refractivity contribution is 9.24. The Hall–Kier alpha value is -5.64. The van der Waals surface area contributed by atoms with Crippen LogP contribution in [0, 0.1) is 41.5 Å². The minimum Gasteiger partial charge on any atom is -0.395 e. The second-order valence-corrected chi connectivity index (χ2v) is 26.3. The molecule has 13 aromatic rings. The van der Waals surface area contributed by atoms with Crippen molar-refractivity contribution in [3.63, 3.8) is 0 Å². The summed E-state index contributed by atoms with van der Waals surface area (Å²) in [5.41, 5.74) is 50.7. The van der Waals surface area contributed by atoms with Crippen LogP contribution in [0.3, 0.4) is 0 Å². The van der Waals surface area contributed by atoms with Crippen molar-refractivity contribution in [2.75, 3.05) is 34.4 Å². The Morgan fingerprint density at radius 1 is 0.261 bits per heavy atom. The number of nitrogens with zero attached hydrogens (tertiary/aromatic N) is 18. The third-order valence-corrected chi connectivity index (χ3v) is 20.5. The van der Waals surface area contributed by atoms with Gasteiger partial charge in [-0.1, -0.05) is 7.43 Å². The van der Waals surface area contributed by atoms with Crippen molar-refractivity contribution in [2.45, 2.75) is 49.0 Å². The van der Waals surface area contributed by atoms with Gasteiger partial charge in [0.15, 0.2) is 0 Å². The lowest BCUT2D eigenvalue weighted by atomic mass is 10.1. The van der Waals surface area contributed by atoms with E-state index in [-0.39, 0.29) is 41.6 Å². The molecule has 88 heavy (non-hydrogen) atoms. The van der Waals surface area contributed by atoms with Crippen molar-refractivity contribution in [3.8, 4) is 0 Å². The summed E-state index contributed by atoms with van der Waals surface area (Å²) in [5, 5.41) is 0. The van der Waals surface area contributed by atoms with Gasteiger partial charge in [-0.3, -0.25) is 24.5 Å². The van der Waals surface area contributed by atoms with Gasteiger partial charge in [0.05, 0.1) is 68.3 Å². The first-order valence-electron chi connectivity index (χ1n) is 24.0. The SMILES string of the molecule is Brc1nc2c3nc(Br)c(Br)nc3c3nc(Br)c(Br)nc3c2nc1Br.C.Cc1cnc2c(n1)c1ncc(C)nc1c1ncc(C)nc21.Cc1nc2c(nc1Br)c1nc(C)c(Br)nc1c1nc(C)c(Br)nc21.Nc1c(N)c(N)c(N)c(N)c1N.O=C(Br)C(=O)Br. The quantitative estimate of drug-likeness (QED) is 0.0385. The van der Waals surface area contributed by atoms with Gasteiger partial charge in [0.1, 0.15) is 141 Å². The topological polar surface area (TPSA) is 422 Å². The molecule has 450 valence electrons. The molecule has 0 unspecified atom stereocenters. The van der Waals surface area contributed by atoms with Gasteiger partial charge in [0.2, 0.25) is 0 Å². The number of hydrogen-bond donors (Lipinski definition) is 6. The van der Waals surface area contributed by atoms with Crippen LogP contribution in [0.2, 0.25) is 0 Å². The molecule has 0 saturated carbocycles. The van der Waals surface area contributed by atoms with Crippen molar-refractivity contribution in [1.82, 2.24) is 89.7 Å². The molecule has 0 atom stereocenters. The fourth-order valence-corrected chi connectivity index (χ4v) is 10.4. The Bertz CT molecular complexity index is 4130. The molecule has 0 saturated heterocycles. The van der Waals surface area contributed by atoms with Gasteiger partial charge >= 0.3 is 0 Å². The summed E-state index contributed by atoms with van der Waals surface area (Å²) in [6.07, 6.45) is 5.21. The van der Waals surface area contributed by atoms with Crippen molar-refractivity contribution in [2.24, 2.45) is 0 Å². The summed E-state index contributed by atoms with van der Waals surface area (Å²) >= 11 is 35.4. The predicted molar refractivity (Wildman–Crippen MR) is 382 cm³/mol. The number of nitrogens with two attached hydrogens (primary N) is 6. The maximum absolute atomic E-state index is 9.66. The molecule has 0 radical (unpaired) electrons. The number of benzene rings is 4. The van der Waals surface area contributed by atoms with Crippen LogP contribution in [-0.2, 0) is 9.59 Å². The molecule has 9 heterocycles. The highest BCUT2D eigenvalue weighted by atomic mass is 79.9. The lowest BCUT2D eigenvalue weighted by Crippen LogP contribution is -2.10. The van der Waals surface area contributed by atoms with Crippen molar-refractivity contribution in [1.29, 1.82) is 0 Å². The molecule has 0 aliphatic carbocycles. The number of aryl methyl sites for hydroxylation is 6. The molecular formula is C51H37Br11N24O2. The summed E-state index contributed by atoms with van der Waals surface area (Å²) in [6, 6.07) is 0. The molecule has 4 aromatic carbocycles. The van der Waals surface area contributed by atoms with Crippen LogP contribution >= 0.6 is 175 Å². The number of nitrogen functional groups attached to an aromatic ring is 6. The van der Waals surface area contributed by atoms with Crippen LogP contribution in [0.4, 0.5) is 34.1 Å². The zero-order chi connectivity index (χ0) is 63.5. The van der Waals surface area contributed by atoms with E-state index < -0.39 is 9.39 Å². The second kappa shape index (κ2) is 27.4. The molecule has 37 heteroatoms. The molecule has 26 nitrogen and oxygen atoms in total. The molecule has 0 aliphatic rings. The van der Waals surface area contributed by atoms with Crippen LogP contribution in [0.1, 0.15) is 41.6 Å². The summed E-state index contributed by atoms with van der Waals surface area (Å²) in [7, 11) is 0. The zero-order valence-corrected chi connectivity index (χ0v) is 62.2. The van der Waals surface area contributed by atoms with Gasteiger partial charge < -0.3 is 34.4 Å². The zero-order valence-electron chi connectivity index (χ0n) is 44.7. The van der Waals surface area contributed by atoms with Gasteiger partial charge in [-0.2, -0.15) is 0 Å². The van der Waals surface area contributed by atoms with E-state index in [1.54, 1.807) is 18.6 Å². The average Bonchev–Trinajstić information content (AvgIpc) is 1.49. The molecule has 9 aromatic heterocycles. The molecule has 0 bridgehead atoms. The molecule has 13 rings (SSSR count). The Kier molecular flexibility index (Phi) is 21.3. The summed E-state index contributed by atoms with van der Waals surface area (Å²) < 4.78 is 4.15. The lowest BCUT2D eigenvalue weighted by molar-refractivity contribution is -0.125. The third kappa shape index (κ3) is 13.5. The number of hydrogen-bond acceptors (Lipinski definition) is 26. The van der Waals surface area contributed by atoms with E-state index in [1.165, 1.54) is 0 Å². The monoisotopic (exact) mass is 1890 g/mol. The van der Waals surface area contributed by atoms with E-state index in [0.29, 0.717) is 108 Å². The van der Waals surface area contributed by atoms with Crippen LogP contribution in [-0.4, -0.2) is 99.1 Å². The first-order chi connectivity index (χ1) is 41.0. The van der Waals surface area contributed by atoms with Crippen LogP contribution < -0.4 is 34.4 Å². The molecule has 0 spiro atoms. The van der Waals surface area contributed by atoms with Crippen molar-refractivity contribution >= 4 is 318 Å². The standard InChI is InChI=1S/C15H9Br3N6.C15H12N6.C12Br6N6.C6H12N6.C2Br2O2.CH4/c1-4-13(16)22-10-7(19-4)11-9(21-5(2)14(17)23-11)12-8(10)20-6(3)15(18)24-12;1-7-4-16-10-13(19-7)11-15(21-8(2)5-17-11)12-14(10)20-9(3)6-18-12;13-7-8(14)20-2-1(19-7)3-5(22-10(16)9(15)21-3)6-4(2)23-11(17)12(18)24-6;7-1-2(8)4(10)6(12)5(11)3(1)9;3-1(5)2(4)6;/h1-3H3;4-6H,1-3H3;;7-12H2;;1H4. The number of rotatable bonds is 1. The largest absolute Gasteiger partial charge is 0.395 e. The van der Waals surface area contributed by atoms with Gasteiger partial charge in [0.25, 0.3) is 9.39 Å². The molecule has 0 aliphatic heterocycles. The summed E-state index contributed by atoms with van der Waals surface area (Å²) in [6.45, 7) is 11.4. The van der Waals surface area contributed by atoms with Crippen molar-refractivity contribution in [3.05, 3.63) is 94.2 Å². The fourth-order valence-electron chi connectivity index (χ4n) is 7.98. The average molecular weight is 1900 g/mol.